The van der Waals surface area contributed by atoms with Crippen molar-refractivity contribution in [2.24, 2.45) is 34.0 Å². The number of carbonyl (C=O) groups excluding carboxylic acids is 2. The summed E-state index contributed by atoms with van der Waals surface area (Å²) in [6.45, 7) is 9.35. The maximum atomic E-state index is 15.1. The highest BCUT2D eigenvalue weighted by Gasteiger charge is 2.68. The van der Waals surface area contributed by atoms with Gasteiger partial charge in [-0.05, 0) is 61.5 Å². The van der Waals surface area contributed by atoms with Gasteiger partial charge in [-0.25, -0.2) is 9.18 Å². The number of ether oxygens (including phenoxy) is 2. The van der Waals surface area contributed by atoms with Crippen molar-refractivity contribution in [2.75, 3.05) is 6.61 Å². The topological polar surface area (TPSA) is 141 Å². The lowest BCUT2D eigenvalue weighted by molar-refractivity contribution is -0.207. The van der Waals surface area contributed by atoms with Crippen molar-refractivity contribution in [1.29, 1.82) is 0 Å². The van der Waals surface area contributed by atoms with E-state index in [1.54, 1.807) is 19.1 Å². The minimum atomic E-state index is -1.40. The monoisotopic (exact) mass is 610 g/mol. The van der Waals surface area contributed by atoms with Crippen molar-refractivity contribution >= 4 is 30.4 Å². The number of esters is 1. The van der Waals surface area contributed by atoms with Crippen LogP contribution in [0.3, 0.4) is 0 Å². The van der Waals surface area contributed by atoms with Gasteiger partial charge in [0.05, 0.1) is 12.7 Å². The minimum Gasteiger partial charge on any atom is -0.479 e. The molecular weight excluding hydrogens is 570 g/mol. The van der Waals surface area contributed by atoms with E-state index in [1.165, 1.54) is 6.07 Å². The van der Waals surface area contributed by atoms with E-state index in [0.29, 0.717) is 30.1 Å². The summed E-state index contributed by atoms with van der Waals surface area (Å²) in [4.78, 5) is 31.4. The third-order valence-electron chi connectivity index (χ3n) is 11.5. The zero-order valence-electron chi connectivity index (χ0n) is 25.8. The third-order valence-corrected chi connectivity index (χ3v) is 11.5. The second-order valence-electron chi connectivity index (χ2n) is 13.8. The Morgan fingerprint density at radius 2 is 2.05 bits per heavy atom. The van der Waals surface area contributed by atoms with Gasteiger partial charge in [0.15, 0.2) is 24.0 Å². The van der Waals surface area contributed by atoms with Crippen LogP contribution in [-0.4, -0.2) is 58.0 Å². The van der Waals surface area contributed by atoms with Crippen LogP contribution in [0.1, 0.15) is 77.1 Å². The molecule has 8 atom stereocenters. The number of benzene rings is 1. The van der Waals surface area contributed by atoms with Crippen LogP contribution in [0.25, 0.3) is 6.08 Å². The molecule has 3 aliphatic carbocycles. The SMILES string of the molecule is Cc1noc(/C=C/[C@]2(C)C[C@@H](OC(=O)COc3ccc4c(c3F)B(O)OC4)[C@@]3(C)[C@@H]4C(=O)CC[C@@]4(CC[C@@H]3C)[C@@H](C)[C@@H]2O)n1. The number of fused-ring (bicyclic) bond motifs is 1. The molecule has 0 saturated heterocycles. The molecule has 1 aromatic heterocycles. The van der Waals surface area contributed by atoms with E-state index in [9.17, 15) is 19.7 Å². The van der Waals surface area contributed by atoms with Crippen LogP contribution in [-0.2, 0) is 25.6 Å². The Kier molecular flexibility index (Phi) is 7.77. The molecule has 10 nitrogen and oxygen atoms in total. The van der Waals surface area contributed by atoms with Crippen LogP contribution >= 0.6 is 0 Å². The molecule has 1 aliphatic heterocycles. The Morgan fingerprint density at radius 3 is 2.77 bits per heavy atom. The van der Waals surface area contributed by atoms with Crippen LogP contribution in [0.5, 0.6) is 5.75 Å². The fraction of sp³-hybridized carbons (Fsp3) is 0.625. The molecule has 3 saturated carbocycles. The first-order valence-electron chi connectivity index (χ1n) is 15.4. The molecule has 0 radical (unpaired) electrons. The van der Waals surface area contributed by atoms with Gasteiger partial charge in [0.1, 0.15) is 11.9 Å². The predicted octanol–water partition coefficient (Wildman–Crippen LogP) is 3.55. The number of aryl methyl sites for hydroxylation is 1. The summed E-state index contributed by atoms with van der Waals surface area (Å²) in [6, 6.07) is 2.99. The summed E-state index contributed by atoms with van der Waals surface area (Å²) in [5.74, 6) is -1.31. The lowest BCUT2D eigenvalue weighted by atomic mass is 9.44. The molecule has 2 bridgehead atoms. The lowest BCUT2D eigenvalue weighted by Gasteiger charge is -2.61. The van der Waals surface area contributed by atoms with E-state index in [4.69, 9.17) is 18.7 Å². The fourth-order valence-corrected chi connectivity index (χ4v) is 8.81. The molecule has 4 aliphatic rings. The van der Waals surface area contributed by atoms with Crippen LogP contribution in [0.2, 0.25) is 0 Å². The highest BCUT2D eigenvalue weighted by atomic mass is 19.1. The third kappa shape index (κ3) is 4.80. The molecule has 0 spiro atoms. The Labute approximate surface area is 256 Å². The number of hydrogen-bond acceptors (Lipinski definition) is 10. The molecule has 44 heavy (non-hydrogen) atoms. The molecule has 1 aromatic carbocycles. The number of hydrogen-bond donors (Lipinski definition) is 2. The van der Waals surface area contributed by atoms with Crippen molar-refractivity contribution in [3.63, 3.8) is 0 Å². The fourth-order valence-electron chi connectivity index (χ4n) is 8.81. The van der Waals surface area contributed by atoms with E-state index in [1.807, 2.05) is 19.9 Å². The molecule has 2 heterocycles. The van der Waals surface area contributed by atoms with Crippen molar-refractivity contribution in [3.8, 4) is 5.75 Å². The normalized spacial score (nSPS) is 36.6. The zero-order valence-corrected chi connectivity index (χ0v) is 25.8. The number of aliphatic hydroxyl groups excluding tert-OH is 1. The van der Waals surface area contributed by atoms with Crippen LogP contribution in [0, 0.1) is 46.7 Å². The summed E-state index contributed by atoms with van der Waals surface area (Å²) < 4.78 is 37.3. The Morgan fingerprint density at radius 1 is 1.27 bits per heavy atom. The highest BCUT2D eigenvalue weighted by Crippen LogP contribution is 2.68. The van der Waals surface area contributed by atoms with Gasteiger partial charge in [0.25, 0.3) is 0 Å². The Bertz CT molecular complexity index is 1500. The number of rotatable bonds is 6. The maximum Gasteiger partial charge on any atom is 0.494 e. The van der Waals surface area contributed by atoms with Gasteiger partial charge in [-0.3, -0.25) is 4.79 Å². The van der Waals surface area contributed by atoms with Gasteiger partial charge < -0.3 is 28.8 Å². The molecule has 3 fully saturated rings. The first kappa shape index (κ1) is 30.9. The van der Waals surface area contributed by atoms with Crippen molar-refractivity contribution in [2.45, 2.75) is 85.5 Å². The van der Waals surface area contributed by atoms with Crippen LogP contribution < -0.4 is 10.2 Å². The van der Waals surface area contributed by atoms with Crippen molar-refractivity contribution < 1.29 is 42.8 Å². The number of halogens is 1. The molecule has 12 heteroatoms. The van der Waals surface area contributed by atoms with E-state index >= 15 is 4.39 Å². The summed E-state index contributed by atoms with van der Waals surface area (Å²) >= 11 is 0. The van der Waals surface area contributed by atoms with E-state index in [2.05, 4.69) is 24.0 Å². The van der Waals surface area contributed by atoms with E-state index in [0.717, 1.165) is 12.8 Å². The summed E-state index contributed by atoms with van der Waals surface area (Å²) in [5.41, 5.74) is -1.53. The second-order valence-corrected chi connectivity index (χ2v) is 13.8. The van der Waals surface area contributed by atoms with Crippen molar-refractivity contribution in [3.05, 3.63) is 41.3 Å². The quantitative estimate of drug-likeness (QED) is 0.369. The van der Waals surface area contributed by atoms with Gasteiger partial charge in [-0.2, -0.15) is 4.98 Å². The molecule has 2 N–H and O–H groups in total. The number of ketones is 1. The van der Waals surface area contributed by atoms with Crippen molar-refractivity contribution in [1.82, 2.24) is 10.1 Å². The Balaban J connectivity index is 1.33. The largest absolute Gasteiger partial charge is 0.494 e. The average Bonchev–Trinajstić information content (AvgIpc) is 3.69. The molecule has 0 amide bonds. The van der Waals surface area contributed by atoms with Gasteiger partial charge in [0.2, 0.25) is 5.89 Å². The maximum absolute atomic E-state index is 15.1. The number of Topliss-reactive ketones (excluding diaryl/α,β-unsaturated/α-hetero) is 1. The average molecular weight is 610 g/mol. The summed E-state index contributed by atoms with van der Waals surface area (Å²) in [6.07, 6.45) is 4.88. The Hall–Kier alpha value is -3.09. The van der Waals surface area contributed by atoms with E-state index in [-0.39, 0.29) is 47.8 Å². The number of aromatic nitrogens is 2. The number of aliphatic hydroxyl groups is 1. The summed E-state index contributed by atoms with van der Waals surface area (Å²) in [5, 5.41) is 25.9. The summed E-state index contributed by atoms with van der Waals surface area (Å²) in [7, 11) is -1.40. The van der Waals surface area contributed by atoms with Gasteiger partial charge in [-0.1, -0.05) is 45.0 Å². The smallest absolute Gasteiger partial charge is 0.479 e. The highest BCUT2D eigenvalue weighted by molar-refractivity contribution is 6.61. The molecule has 236 valence electrons. The van der Waals surface area contributed by atoms with Crippen LogP contribution in [0.4, 0.5) is 4.39 Å². The molecule has 2 aromatic rings. The predicted molar refractivity (Wildman–Crippen MR) is 157 cm³/mol. The first-order chi connectivity index (χ1) is 20.8. The second kappa shape index (κ2) is 11.1. The van der Waals surface area contributed by atoms with Gasteiger partial charge >= 0.3 is 13.1 Å². The molecular formula is C32H40BFN2O8. The number of nitrogens with zero attached hydrogens (tertiary/aromatic N) is 2. The minimum absolute atomic E-state index is 0.00221. The number of carbonyl (C=O) groups is 2. The first-order valence-corrected chi connectivity index (χ1v) is 15.4. The standard InChI is InChI=1S/C32H40BFN2O8/c1-17-8-12-32-13-9-21(37)28(32)31(17,5)23(14-30(4,29(39)18(32)2)11-10-24-35-19(3)36-44-24)43-25(38)16-41-22-7-6-20-15-42-33(40)26(20)27(22)34/h6-7,10-11,17-18,23,28-29,39-40H,8-9,12-16H2,1-5H3/b11-10+/t17-,18-,23+,28-,29-,30+,31-,32-/m0/s1. The van der Waals surface area contributed by atoms with E-state index < -0.39 is 54.0 Å². The molecule has 6 rings (SSSR count). The lowest BCUT2D eigenvalue weighted by Crippen LogP contribution is -2.63. The van der Waals surface area contributed by atoms with Gasteiger partial charge in [-0.15, -0.1) is 0 Å². The molecule has 0 unspecified atom stereocenters. The van der Waals surface area contributed by atoms with Gasteiger partial charge in [0, 0.05) is 34.7 Å². The van der Waals surface area contributed by atoms with Crippen LogP contribution in [0.15, 0.2) is 22.7 Å². The zero-order chi connectivity index (χ0) is 31.6.